The molecule has 1 aliphatic carbocycles. The maximum Gasteiger partial charge on any atom is 0.268 e. The smallest absolute Gasteiger partial charge is 0.268 e. The van der Waals surface area contributed by atoms with Crippen molar-refractivity contribution in [3.8, 4) is 0 Å². The molecule has 1 unspecified atom stereocenters. The predicted molar refractivity (Wildman–Crippen MR) is 63.5 cm³/mol. The fraction of sp³-hybridized carbons (Fsp3) is 0.636. The molecule has 5 nitrogen and oxygen atoms in total. The van der Waals surface area contributed by atoms with Gasteiger partial charge in [-0.25, -0.2) is 4.68 Å². The number of hydrogen-bond acceptors (Lipinski definition) is 4. The zero-order valence-corrected chi connectivity index (χ0v) is 9.76. The van der Waals surface area contributed by atoms with Crippen LogP contribution in [-0.4, -0.2) is 29.9 Å². The van der Waals surface area contributed by atoms with Crippen LogP contribution in [0.3, 0.4) is 0 Å². The van der Waals surface area contributed by atoms with Crippen LogP contribution in [0.2, 0.25) is 0 Å². The van der Waals surface area contributed by atoms with Crippen molar-refractivity contribution in [2.45, 2.75) is 25.4 Å². The van der Waals surface area contributed by atoms with Crippen LogP contribution in [0.15, 0.2) is 17.1 Å². The van der Waals surface area contributed by atoms with Gasteiger partial charge >= 0.3 is 0 Å². The first-order valence-electron chi connectivity index (χ1n) is 5.58. The molecular weight excluding hydrogens is 204 g/mol. The Morgan fingerprint density at radius 2 is 2.31 bits per heavy atom. The van der Waals surface area contributed by atoms with E-state index in [0.29, 0.717) is 12.5 Å². The Labute approximate surface area is 94.9 Å². The van der Waals surface area contributed by atoms with Gasteiger partial charge in [-0.05, 0) is 18.8 Å². The zero-order valence-electron chi connectivity index (χ0n) is 9.76. The molecule has 5 heteroatoms. The molecule has 1 fully saturated rings. The first-order valence-corrected chi connectivity index (χ1v) is 5.58. The van der Waals surface area contributed by atoms with Crippen LogP contribution in [0.4, 0.5) is 5.69 Å². The average molecular weight is 222 g/mol. The van der Waals surface area contributed by atoms with Crippen molar-refractivity contribution in [1.29, 1.82) is 0 Å². The minimum absolute atomic E-state index is 0.0652. The number of anilines is 1. The van der Waals surface area contributed by atoms with Gasteiger partial charge in [0.1, 0.15) is 0 Å². The molecular formula is C11H18N4O. The van der Waals surface area contributed by atoms with Gasteiger partial charge in [-0.1, -0.05) is 0 Å². The molecule has 0 spiro atoms. The second kappa shape index (κ2) is 4.25. The molecule has 0 aromatic carbocycles. The van der Waals surface area contributed by atoms with Gasteiger partial charge in [-0.2, -0.15) is 5.10 Å². The van der Waals surface area contributed by atoms with Gasteiger partial charge in [0.15, 0.2) is 0 Å². The monoisotopic (exact) mass is 222 g/mol. The molecule has 0 saturated heterocycles. The first-order chi connectivity index (χ1) is 7.58. The van der Waals surface area contributed by atoms with Crippen molar-refractivity contribution in [2.24, 2.45) is 11.7 Å². The average Bonchev–Trinajstić information content (AvgIpc) is 3.03. The van der Waals surface area contributed by atoms with E-state index in [2.05, 4.69) is 5.10 Å². The lowest BCUT2D eigenvalue weighted by Gasteiger charge is -2.14. The van der Waals surface area contributed by atoms with Gasteiger partial charge in [-0.3, -0.25) is 4.79 Å². The van der Waals surface area contributed by atoms with E-state index in [0.717, 1.165) is 5.69 Å². The summed E-state index contributed by atoms with van der Waals surface area (Å²) in [6, 6.07) is 1.66. The van der Waals surface area contributed by atoms with Crippen LogP contribution in [0, 0.1) is 5.92 Å². The molecule has 2 N–H and O–H groups in total. The standard InChI is InChI=1S/C11H18N4O/c1-14(2)9-5-11(16)15(13-6-9)7-10(12)8-3-4-8/h5-6,8,10H,3-4,7,12H2,1-2H3. The lowest BCUT2D eigenvalue weighted by Crippen LogP contribution is -2.35. The van der Waals surface area contributed by atoms with Crippen molar-refractivity contribution < 1.29 is 0 Å². The van der Waals surface area contributed by atoms with Gasteiger partial charge in [0.05, 0.1) is 18.4 Å². The van der Waals surface area contributed by atoms with E-state index < -0.39 is 0 Å². The van der Waals surface area contributed by atoms with Crippen molar-refractivity contribution >= 4 is 5.69 Å². The van der Waals surface area contributed by atoms with Crippen LogP contribution in [0.25, 0.3) is 0 Å². The molecule has 0 aliphatic heterocycles. The van der Waals surface area contributed by atoms with Gasteiger partial charge in [0.25, 0.3) is 5.56 Å². The lowest BCUT2D eigenvalue weighted by atomic mass is 10.2. The van der Waals surface area contributed by atoms with Gasteiger partial charge in [0, 0.05) is 26.2 Å². The van der Waals surface area contributed by atoms with Crippen LogP contribution in [0.5, 0.6) is 0 Å². The number of nitrogens with zero attached hydrogens (tertiary/aromatic N) is 3. The third kappa shape index (κ3) is 2.41. The van der Waals surface area contributed by atoms with Crippen molar-refractivity contribution in [1.82, 2.24) is 9.78 Å². The number of rotatable bonds is 4. The summed E-state index contributed by atoms with van der Waals surface area (Å²) < 4.78 is 1.45. The molecule has 0 amide bonds. The predicted octanol–water partition coefficient (Wildman–Crippen LogP) is 0.0466. The summed E-state index contributed by atoms with van der Waals surface area (Å²) in [5.74, 6) is 0.585. The minimum atomic E-state index is -0.0812. The van der Waals surface area contributed by atoms with Crippen molar-refractivity contribution in [3.05, 3.63) is 22.6 Å². The molecule has 1 atom stereocenters. The maximum absolute atomic E-state index is 11.7. The Balaban J connectivity index is 2.12. The van der Waals surface area contributed by atoms with Crippen molar-refractivity contribution in [3.63, 3.8) is 0 Å². The molecule has 88 valence electrons. The topological polar surface area (TPSA) is 64.2 Å². The normalized spacial score (nSPS) is 17.2. The summed E-state index contributed by atoms with van der Waals surface area (Å²) in [7, 11) is 3.77. The lowest BCUT2D eigenvalue weighted by molar-refractivity contribution is 0.455. The number of hydrogen-bond donors (Lipinski definition) is 1. The molecule has 1 heterocycles. The Bertz CT molecular complexity index is 422. The highest BCUT2D eigenvalue weighted by atomic mass is 16.1. The number of nitrogens with two attached hydrogens (primary N) is 1. The van der Waals surface area contributed by atoms with E-state index in [1.807, 2.05) is 19.0 Å². The molecule has 1 aromatic rings. The molecule has 2 rings (SSSR count). The van der Waals surface area contributed by atoms with Gasteiger partial charge < -0.3 is 10.6 Å². The molecule has 1 saturated carbocycles. The van der Waals surface area contributed by atoms with Crippen LogP contribution >= 0.6 is 0 Å². The minimum Gasteiger partial charge on any atom is -0.376 e. The highest BCUT2D eigenvalue weighted by Crippen LogP contribution is 2.31. The highest BCUT2D eigenvalue weighted by Gasteiger charge is 2.28. The third-order valence-corrected chi connectivity index (χ3v) is 2.98. The van der Waals surface area contributed by atoms with E-state index in [-0.39, 0.29) is 11.6 Å². The van der Waals surface area contributed by atoms with Gasteiger partial charge in [0.2, 0.25) is 0 Å². The summed E-state index contributed by atoms with van der Waals surface area (Å²) in [6.45, 7) is 0.525. The van der Waals surface area contributed by atoms with Gasteiger partial charge in [-0.15, -0.1) is 0 Å². The van der Waals surface area contributed by atoms with E-state index in [4.69, 9.17) is 5.73 Å². The summed E-state index contributed by atoms with van der Waals surface area (Å²) >= 11 is 0. The van der Waals surface area contributed by atoms with Crippen molar-refractivity contribution in [2.75, 3.05) is 19.0 Å². The Morgan fingerprint density at radius 3 is 2.81 bits per heavy atom. The summed E-state index contributed by atoms with van der Waals surface area (Å²) in [5.41, 5.74) is 6.71. The molecule has 1 aliphatic rings. The summed E-state index contributed by atoms with van der Waals surface area (Å²) in [4.78, 5) is 13.6. The second-order valence-corrected chi connectivity index (χ2v) is 4.63. The molecule has 1 aromatic heterocycles. The van der Waals surface area contributed by atoms with E-state index >= 15 is 0 Å². The Morgan fingerprint density at radius 1 is 1.62 bits per heavy atom. The van der Waals surface area contributed by atoms with E-state index in [1.165, 1.54) is 17.5 Å². The van der Waals surface area contributed by atoms with Crippen LogP contribution in [-0.2, 0) is 6.54 Å². The molecule has 0 bridgehead atoms. The Kier molecular flexibility index (Phi) is 2.96. The quantitative estimate of drug-likeness (QED) is 0.781. The fourth-order valence-corrected chi connectivity index (χ4v) is 1.68. The summed E-state index contributed by atoms with van der Waals surface area (Å²) in [5, 5.41) is 4.13. The summed E-state index contributed by atoms with van der Waals surface area (Å²) in [6.07, 6.45) is 4.07. The first kappa shape index (κ1) is 11.1. The molecule has 0 radical (unpaired) electrons. The molecule has 16 heavy (non-hydrogen) atoms. The fourth-order valence-electron chi connectivity index (χ4n) is 1.68. The van der Waals surface area contributed by atoms with Crippen LogP contribution < -0.4 is 16.2 Å². The van der Waals surface area contributed by atoms with E-state index in [1.54, 1.807) is 12.3 Å². The van der Waals surface area contributed by atoms with Crippen LogP contribution in [0.1, 0.15) is 12.8 Å². The highest BCUT2D eigenvalue weighted by molar-refractivity contribution is 5.40. The SMILES string of the molecule is CN(C)c1cnn(CC(N)C2CC2)c(=O)c1. The largest absolute Gasteiger partial charge is 0.376 e. The Hall–Kier alpha value is -1.36. The third-order valence-electron chi connectivity index (χ3n) is 2.98. The second-order valence-electron chi connectivity index (χ2n) is 4.63. The number of aromatic nitrogens is 2. The maximum atomic E-state index is 11.7. The zero-order chi connectivity index (χ0) is 11.7. The van der Waals surface area contributed by atoms with E-state index in [9.17, 15) is 4.79 Å².